The standard InChI is InChI=1S/C16H19NO3/c1-2-20-16(19)10-15(18)11-17-14-8-7-12-5-3-4-6-13(12)9-14/h3-9,15,17-18H,2,10-11H2,1H3. The van der Waals surface area contributed by atoms with Crippen LogP contribution in [-0.4, -0.2) is 30.3 Å². The minimum Gasteiger partial charge on any atom is -0.466 e. The van der Waals surface area contributed by atoms with E-state index in [4.69, 9.17) is 4.74 Å². The number of aliphatic hydroxyl groups excluding tert-OH is 1. The number of benzene rings is 2. The molecule has 0 fully saturated rings. The number of carbonyl (C=O) groups is 1. The number of hydrogen-bond acceptors (Lipinski definition) is 4. The molecule has 0 amide bonds. The number of fused-ring (bicyclic) bond motifs is 1. The molecular weight excluding hydrogens is 254 g/mol. The number of nitrogens with one attached hydrogen (secondary N) is 1. The third kappa shape index (κ3) is 3.96. The Bertz CT molecular complexity index is 583. The average molecular weight is 273 g/mol. The van der Waals surface area contributed by atoms with Crippen molar-refractivity contribution in [3.8, 4) is 0 Å². The van der Waals surface area contributed by atoms with Crippen LogP contribution >= 0.6 is 0 Å². The SMILES string of the molecule is CCOC(=O)CC(O)CNc1ccc2ccccc2c1. The van der Waals surface area contributed by atoms with E-state index in [-0.39, 0.29) is 12.4 Å². The number of aliphatic hydroxyl groups is 1. The fourth-order valence-corrected chi connectivity index (χ4v) is 2.02. The van der Waals surface area contributed by atoms with Crippen LogP contribution in [0.5, 0.6) is 0 Å². The van der Waals surface area contributed by atoms with Crippen LogP contribution in [0.1, 0.15) is 13.3 Å². The number of hydrogen-bond donors (Lipinski definition) is 2. The summed E-state index contributed by atoms with van der Waals surface area (Å²) in [6.07, 6.45) is -0.741. The average Bonchev–Trinajstić information content (AvgIpc) is 2.45. The van der Waals surface area contributed by atoms with Crippen LogP contribution in [0.2, 0.25) is 0 Å². The van der Waals surface area contributed by atoms with Gasteiger partial charge in [0.15, 0.2) is 0 Å². The largest absolute Gasteiger partial charge is 0.466 e. The Kier molecular flexibility index (Phi) is 4.96. The summed E-state index contributed by atoms with van der Waals surface area (Å²) in [7, 11) is 0. The molecule has 0 bridgehead atoms. The molecule has 0 saturated carbocycles. The Morgan fingerprint density at radius 1 is 1.25 bits per heavy atom. The van der Waals surface area contributed by atoms with Crippen LogP contribution in [0, 0.1) is 0 Å². The van der Waals surface area contributed by atoms with E-state index >= 15 is 0 Å². The fraction of sp³-hybridized carbons (Fsp3) is 0.312. The quantitative estimate of drug-likeness (QED) is 0.794. The molecule has 0 aromatic heterocycles. The van der Waals surface area contributed by atoms with E-state index in [1.807, 2.05) is 36.4 Å². The number of carbonyl (C=O) groups excluding carboxylic acids is 1. The van der Waals surface area contributed by atoms with Crippen LogP contribution in [0.15, 0.2) is 42.5 Å². The van der Waals surface area contributed by atoms with Gasteiger partial charge in [-0.1, -0.05) is 30.3 Å². The number of ether oxygens (including phenoxy) is 1. The summed E-state index contributed by atoms with van der Waals surface area (Å²) in [6.45, 7) is 2.40. The molecule has 0 spiro atoms. The smallest absolute Gasteiger partial charge is 0.308 e. The van der Waals surface area contributed by atoms with Crippen molar-refractivity contribution >= 4 is 22.4 Å². The Hall–Kier alpha value is -2.07. The van der Waals surface area contributed by atoms with Gasteiger partial charge in [0, 0.05) is 12.2 Å². The number of rotatable bonds is 6. The van der Waals surface area contributed by atoms with Gasteiger partial charge in [-0.15, -0.1) is 0 Å². The molecule has 4 heteroatoms. The molecule has 2 aromatic carbocycles. The Balaban J connectivity index is 1.90. The third-order valence-electron chi connectivity index (χ3n) is 3.00. The summed E-state index contributed by atoms with van der Waals surface area (Å²) < 4.78 is 4.80. The number of anilines is 1. The van der Waals surface area contributed by atoms with Crippen LogP contribution in [-0.2, 0) is 9.53 Å². The van der Waals surface area contributed by atoms with Crippen LogP contribution in [0.25, 0.3) is 10.8 Å². The minimum absolute atomic E-state index is 0.00835. The van der Waals surface area contributed by atoms with E-state index in [1.165, 1.54) is 5.39 Å². The van der Waals surface area contributed by atoms with Gasteiger partial charge in [-0.3, -0.25) is 4.79 Å². The van der Waals surface area contributed by atoms with E-state index in [2.05, 4.69) is 11.4 Å². The molecule has 0 aliphatic carbocycles. The molecule has 0 aliphatic heterocycles. The van der Waals surface area contributed by atoms with E-state index < -0.39 is 6.10 Å². The molecule has 1 atom stereocenters. The molecular formula is C16H19NO3. The summed E-state index contributed by atoms with van der Waals surface area (Å²) in [5.74, 6) is -0.375. The van der Waals surface area contributed by atoms with Crippen molar-refractivity contribution in [1.82, 2.24) is 0 Å². The zero-order valence-electron chi connectivity index (χ0n) is 11.5. The van der Waals surface area contributed by atoms with Gasteiger partial charge in [0.1, 0.15) is 0 Å². The summed E-state index contributed by atoms with van der Waals surface area (Å²) in [5, 5.41) is 15.2. The van der Waals surface area contributed by atoms with Crippen molar-refractivity contribution < 1.29 is 14.6 Å². The first-order chi connectivity index (χ1) is 9.69. The van der Waals surface area contributed by atoms with Gasteiger partial charge in [0.05, 0.1) is 19.1 Å². The van der Waals surface area contributed by atoms with Crippen molar-refractivity contribution in [1.29, 1.82) is 0 Å². The predicted octanol–water partition coefficient (Wildman–Crippen LogP) is 2.57. The Labute approximate surface area is 118 Å². The lowest BCUT2D eigenvalue weighted by Gasteiger charge is -2.12. The molecule has 2 rings (SSSR count). The first kappa shape index (κ1) is 14.3. The maximum absolute atomic E-state index is 11.2. The predicted molar refractivity (Wildman–Crippen MR) is 79.7 cm³/mol. The first-order valence-corrected chi connectivity index (χ1v) is 6.75. The lowest BCUT2D eigenvalue weighted by molar-refractivity contribution is -0.145. The third-order valence-corrected chi connectivity index (χ3v) is 3.00. The molecule has 0 heterocycles. The van der Waals surface area contributed by atoms with Crippen LogP contribution < -0.4 is 5.32 Å². The van der Waals surface area contributed by atoms with Crippen LogP contribution in [0.4, 0.5) is 5.69 Å². The highest BCUT2D eigenvalue weighted by Gasteiger charge is 2.11. The van der Waals surface area contributed by atoms with Crippen molar-refractivity contribution in [2.75, 3.05) is 18.5 Å². The topological polar surface area (TPSA) is 58.6 Å². The maximum Gasteiger partial charge on any atom is 0.308 e. The summed E-state index contributed by atoms with van der Waals surface area (Å²) >= 11 is 0. The molecule has 1 unspecified atom stereocenters. The molecule has 106 valence electrons. The van der Waals surface area contributed by atoms with Crippen molar-refractivity contribution in [2.45, 2.75) is 19.4 Å². The zero-order valence-corrected chi connectivity index (χ0v) is 11.5. The lowest BCUT2D eigenvalue weighted by atomic mass is 10.1. The van der Waals surface area contributed by atoms with Gasteiger partial charge in [-0.25, -0.2) is 0 Å². The first-order valence-electron chi connectivity index (χ1n) is 6.75. The molecule has 20 heavy (non-hydrogen) atoms. The monoisotopic (exact) mass is 273 g/mol. The zero-order chi connectivity index (χ0) is 14.4. The maximum atomic E-state index is 11.2. The molecule has 0 aliphatic rings. The highest BCUT2D eigenvalue weighted by atomic mass is 16.5. The van der Waals surface area contributed by atoms with E-state index in [0.29, 0.717) is 13.2 Å². The van der Waals surface area contributed by atoms with Crippen molar-refractivity contribution in [2.24, 2.45) is 0 Å². The summed E-state index contributed by atoms with van der Waals surface area (Å²) in [5.41, 5.74) is 0.923. The van der Waals surface area contributed by atoms with E-state index in [1.54, 1.807) is 6.92 Å². The van der Waals surface area contributed by atoms with E-state index in [0.717, 1.165) is 11.1 Å². The van der Waals surface area contributed by atoms with Gasteiger partial charge >= 0.3 is 5.97 Å². The minimum atomic E-state index is -0.750. The molecule has 4 nitrogen and oxygen atoms in total. The summed E-state index contributed by atoms with van der Waals surface area (Å²) in [4.78, 5) is 11.2. The van der Waals surface area contributed by atoms with Crippen LogP contribution in [0.3, 0.4) is 0 Å². The highest BCUT2D eigenvalue weighted by Crippen LogP contribution is 2.18. The molecule has 0 saturated heterocycles. The second kappa shape index (κ2) is 6.91. The van der Waals surface area contributed by atoms with Crippen molar-refractivity contribution in [3.05, 3.63) is 42.5 Å². The lowest BCUT2D eigenvalue weighted by Crippen LogP contribution is -2.23. The second-order valence-electron chi connectivity index (χ2n) is 4.61. The van der Waals surface area contributed by atoms with Gasteiger partial charge in [-0.2, -0.15) is 0 Å². The van der Waals surface area contributed by atoms with Gasteiger partial charge < -0.3 is 15.2 Å². The molecule has 0 radical (unpaired) electrons. The normalized spacial score (nSPS) is 12.1. The molecule has 2 N–H and O–H groups in total. The van der Waals surface area contributed by atoms with E-state index in [9.17, 15) is 9.90 Å². The Morgan fingerprint density at radius 3 is 2.75 bits per heavy atom. The highest BCUT2D eigenvalue weighted by molar-refractivity contribution is 5.85. The number of esters is 1. The van der Waals surface area contributed by atoms with Gasteiger partial charge in [0.25, 0.3) is 0 Å². The summed E-state index contributed by atoms with van der Waals surface area (Å²) in [6, 6.07) is 14.1. The van der Waals surface area contributed by atoms with Gasteiger partial charge in [0.2, 0.25) is 0 Å². The Morgan fingerprint density at radius 2 is 2.00 bits per heavy atom. The van der Waals surface area contributed by atoms with Crippen molar-refractivity contribution in [3.63, 3.8) is 0 Å². The fourth-order valence-electron chi connectivity index (χ4n) is 2.02. The second-order valence-corrected chi connectivity index (χ2v) is 4.61. The van der Waals surface area contributed by atoms with Gasteiger partial charge in [-0.05, 0) is 29.8 Å². The molecule has 2 aromatic rings.